The minimum atomic E-state index is 0.641. The van der Waals surface area contributed by atoms with Crippen LogP contribution in [-0.4, -0.2) is 4.98 Å². The Morgan fingerprint density at radius 3 is 2.28 bits per heavy atom. The second kappa shape index (κ2) is 5.81. The number of benzene rings is 1. The average molecular weight is 239 g/mol. The summed E-state index contributed by atoms with van der Waals surface area (Å²) in [6, 6.07) is 12.6. The molecule has 1 heteroatoms. The average Bonchev–Trinajstić information content (AvgIpc) is 2.43. The number of pyridine rings is 1. The molecule has 0 atom stereocenters. The molecular formula is C17H21N. The highest BCUT2D eigenvalue weighted by Crippen LogP contribution is 2.27. The summed E-state index contributed by atoms with van der Waals surface area (Å²) in [5, 5.41) is 0. The third-order valence-corrected chi connectivity index (χ3v) is 3.65. The van der Waals surface area contributed by atoms with Gasteiger partial charge in [-0.05, 0) is 42.9 Å². The highest BCUT2D eigenvalue weighted by atomic mass is 14.7. The van der Waals surface area contributed by atoms with E-state index in [9.17, 15) is 0 Å². The van der Waals surface area contributed by atoms with E-state index < -0.39 is 0 Å². The number of aromatic nitrogens is 1. The maximum Gasteiger partial charge on any atom is 0.0704 e. The van der Waals surface area contributed by atoms with E-state index in [1.807, 2.05) is 6.07 Å². The van der Waals surface area contributed by atoms with E-state index in [1.54, 1.807) is 0 Å². The minimum absolute atomic E-state index is 0.641. The van der Waals surface area contributed by atoms with Gasteiger partial charge in [-0.2, -0.15) is 0 Å². The summed E-state index contributed by atoms with van der Waals surface area (Å²) >= 11 is 0. The van der Waals surface area contributed by atoms with Crippen LogP contribution in [0.5, 0.6) is 0 Å². The molecule has 0 radical (unpaired) electrons. The van der Waals surface area contributed by atoms with Gasteiger partial charge in [-0.25, -0.2) is 0 Å². The van der Waals surface area contributed by atoms with E-state index in [0.717, 1.165) is 5.69 Å². The summed E-state index contributed by atoms with van der Waals surface area (Å²) < 4.78 is 0. The monoisotopic (exact) mass is 239 g/mol. The van der Waals surface area contributed by atoms with Crippen LogP contribution < -0.4 is 0 Å². The molecule has 0 amide bonds. The summed E-state index contributed by atoms with van der Waals surface area (Å²) in [6.45, 7) is 6.69. The molecule has 0 N–H and O–H groups in total. The Hall–Kier alpha value is -1.63. The zero-order valence-corrected chi connectivity index (χ0v) is 11.5. The van der Waals surface area contributed by atoms with Crippen molar-refractivity contribution >= 4 is 0 Å². The van der Waals surface area contributed by atoms with Gasteiger partial charge in [-0.3, -0.25) is 4.98 Å². The van der Waals surface area contributed by atoms with Gasteiger partial charge in [0, 0.05) is 11.8 Å². The topological polar surface area (TPSA) is 12.9 Å². The Kier molecular flexibility index (Phi) is 4.14. The Morgan fingerprint density at radius 2 is 1.72 bits per heavy atom. The predicted molar refractivity (Wildman–Crippen MR) is 77.7 cm³/mol. The summed E-state index contributed by atoms with van der Waals surface area (Å²) in [6.07, 6.45) is 4.43. The molecule has 0 spiro atoms. The number of aryl methyl sites for hydroxylation is 1. The van der Waals surface area contributed by atoms with E-state index in [4.69, 9.17) is 0 Å². The first-order valence-corrected chi connectivity index (χ1v) is 6.78. The molecule has 2 rings (SSSR count). The van der Waals surface area contributed by atoms with Crippen molar-refractivity contribution in [2.75, 3.05) is 0 Å². The van der Waals surface area contributed by atoms with Crippen LogP contribution in [0.25, 0.3) is 11.3 Å². The van der Waals surface area contributed by atoms with Crippen molar-refractivity contribution in [3.8, 4) is 11.3 Å². The van der Waals surface area contributed by atoms with E-state index in [-0.39, 0.29) is 0 Å². The largest absolute Gasteiger partial charge is 0.256 e. The second-order valence-electron chi connectivity index (χ2n) is 4.81. The molecule has 0 saturated carbocycles. The first-order chi connectivity index (χ1) is 8.76. The normalized spacial score (nSPS) is 10.9. The maximum atomic E-state index is 4.63. The predicted octanol–water partition coefficient (Wildman–Crippen LogP) is 4.96. The molecule has 0 aliphatic heterocycles. The summed E-state index contributed by atoms with van der Waals surface area (Å²) in [5.74, 6) is 0.641. The van der Waals surface area contributed by atoms with Gasteiger partial charge in [-0.15, -0.1) is 0 Å². The molecule has 94 valence electrons. The van der Waals surface area contributed by atoms with E-state index >= 15 is 0 Å². The molecule has 1 aromatic heterocycles. The fourth-order valence-electron chi connectivity index (χ4n) is 2.49. The summed E-state index contributed by atoms with van der Waals surface area (Å²) in [5.41, 5.74) is 5.02. The Morgan fingerprint density at radius 1 is 1.06 bits per heavy atom. The van der Waals surface area contributed by atoms with Gasteiger partial charge in [0.05, 0.1) is 5.69 Å². The van der Waals surface area contributed by atoms with Crippen molar-refractivity contribution in [1.82, 2.24) is 4.98 Å². The summed E-state index contributed by atoms with van der Waals surface area (Å²) in [4.78, 5) is 4.63. The molecule has 1 aromatic carbocycles. The van der Waals surface area contributed by atoms with Crippen molar-refractivity contribution in [1.29, 1.82) is 0 Å². The molecular weight excluding hydrogens is 218 g/mol. The lowest BCUT2D eigenvalue weighted by Gasteiger charge is -2.16. The highest BCUT2D eigenvalue weighted by Gasteiger charge is 2.11. The van der Waals surface area contributed by atoms with Gasteiger partial charge in [0.25, 0.3) is 0 Å². The molecule has 2 aromatic rings. The highest BCUT2D eigenvalue weighted by molar-refractivity contribution is 5.60. The molecule has 1 nitrogen and oxygen atoms in total. The fraction of sp³-hybridized carbons (Fsp3) is 0.353. The Balaban J connectivity index is 2.36. The lowest BCUT2D eigenvalue weighted by Crippen LogP contribution is -2.00. The third-order valence-electron chi connectivity index (χ3n) is 3.65. The molecule has 0 bridgehead atoms. The van der Waals surface area contributed by atoms with Gasteiger partial charge < -0.3 is 0 Å². The lowest BCUT2D eigenvalue weighted by molar-refractivity contribution is 0.635. The molecule has 18 heavy (non-hydrogen) atoms. The zero-order valence-electron chi connectivity index (χ0n) is 11.5. The lowest BCUT2D eigenvalue weighted by atomic mass is 9.91. The molecule has 1 heterocycles. The number of nitrogens with zero attached hydrogens (tertiary/aromatic N) is 1. The van der Waals surface area contributed by atoms with Gasteiger partial charge >= 0.3 is 0 Å². The van der Waals surface area contributed by atoms with Crippen LogP contribution in [0.3, 0.4) is 0 Å². The standard InChI is InChI=1S/C17H21N/c1-4-14(5-2)16-12-18-17(11-13(16)3)15-9-7-6-8-10-15/h6-12,14H,4-5H2,1-3H3. The molecule has 0 aliphatic carbocycles. The van der Waals surface area contributed by atoms with Crippen molar-refractivity contribution in [3.63, 3.8) is 0 Å². The van der Waals surface area contributed by atoms with E-state index in [0.29, 0.717) is 5.92 Å². The number of rotatable bonds is 4. The van der Waals surface area contributed by atoms with E-state index in [1.165, 1.54) is 29.5 Å². The maximum absolute atomic E-state index is 4.63. The minimum Gasteiger partial charge on any atom is -0.256 e. The van der Waals surface area contributed by atoms with E-state index in [2.05, 4.69) is 62.3 Å². The van der Waals surface area contributed by atoms with Crippen molar-refractivity contribution in [2.24, 2.45) is 0 Å². The second-order valence-corrected chi connectivity index (χ2v) is 4.81. The zero-order chi connectivity index (χ0) is 13.0. The first kappa shape index (κ1) is 12.8. The van der Waals surface area contributed by atoms with Crippen molar-refractivity contribution in [3.05, 3.63) is 53.7 Å². The Labute approximate surface area is 110 Å². The number of hydrogen-bond acceptors (Lipinski definition) is 1. The van der Waals surface area contributed by atoms with Gasteiger partial charge in [0.15, 0.2) is 0 Å². The molecule has 0 saturated heterocycles. The Bertz CT molecular complexity index is 498. The van der Waals surface area contributed by atoms with Crippen LogP contribution in [0, 0.1) is 6.92 Å². The van der Waals surface area contributed by atoms with Crippen LogP contribution in [0.2, 0.25) is 0 Å². The summed E-state index contributed by atoms with van der Waals surface area (Å²) in [7, 11) is 0. The van der Waals surface area contributed by atoms with Crippen molar-refractivity contribution in [2.45, 2.75) is 39.5 Å². The van der Waals surface area contributed by atoms with Gasteiger partial charge in [-0.1, -0.05) is 44.2 Å². The third kappa shape index (κ3) is 2.61. The SMILES string of the molecule is CCC(CC)c1cnc(-c2ccccc2)cc1C. The van der Waals surface area contributed by atoms with Crippen LogP contribution in [-0.2, 0) is 0 Å². The molecule has 0 aliphatic rings. The first-order valence-electron chi connectivity index (χ1n) is 6.78. The van der Waals surface area contributed by atoms with Crippen LogP contribution in [0.1, 0.15) is 43.7 Å². The molecule has 0 unspecified atom stereocenters. The van der Waals surface area contributed by atoms with Crippen LogP contribution >= 0.6 is 0 Å². The molecule has 0 fully saturated rings. The van der Waals surface area contributed by atoms with Crippen LogP contribution in [0.15, 0.2) is 42.6 Å². The fourth-order valence-corrected chi connectivity index (χ4v) is 2.49. The van der Waals surface area contributed by atoms with Gasteiger partial charge in [0.2, 0.25) is 0 Å². The quantitative estimate of drug-likeness (QED) is 0.734. The van der Waals surface area contributed by atoms with Gasteiger partial charge in [0.1, 0.15) is 0 Å². The van der Waals surface area contributed by atoms with Crippen molar-refractivity contribution < 1.29 is 0 Å². The van der Waals surface area contributed by atoms with Crippen LogP contribution in [0.4, 0.5) is 0 Å². The smallest absolute Gasteiger partial charge is 0.0704 e. The number of hydrogen-bond donors (Lipinski definition) is 0.